The van der Waals surface area contributed by atoms with E-state index in [0.717, 1.165) is 19.4 Å². The van der Waals surface area contributed by atoms with Gasteiger partial charge in [-0.2, -0.15) is 0 Å². The van der Waals surface area contributed by atoms with Crippen molar-refractivity contribution >= 4 is 28.2 Å². The molecule has 4 N–H and O–H groups in total. The lowest BCUT2D eigenvalue weighted by molar-refractivity contribution is 0.0917. The Morgan fingerprint density at radius 2 is 2.20 bits per heavy atom. The number of hydrogen-bond acceptors (Lipinski definition) is 6. The molecule has 0 aliphatic carbocycles. The van der Waals surface area contributed by atoms with Crippen molar-refractivity contribution in [1.82, 2.24) is 10.3 Å². The number of nitrogens with one attached hydrogen (secondary N) is 2. The van der Waals surface area contributed by atoms with Crippen molar-refractivity contribution in [3.8, 4) is 0 Å². The lowest BCUT2D eigenvalue weighted by Gasteiger charge is -2.05. The maximum atomic E-state index is 11.9. The number of unbranched alkanes of at least 4 members (excludes halogenated alkanes) is 1. The predicted octanol–water partition coefficient (Wildman–Crippen LogP) is 2.09. The number of ether oxygens (including phenoxy) is 1. The molecule has 1 aromatic rings. The maximum Gasteiger partial charge on any atom is 0.265 e. The van der Waals surface area contributed by atoms with Crippen molar-refractivity contribution < 1.29 is 9.53 Å². The second-order valence-electron chi connectivity index (χ2n) is 4.75. The van der Waals surface area contributed by atoms with Gasteiger partial charge < -0.3 is 21.1 Å². The van der Waals surface area contributed by atoms with Crippen LogP contribution in [0.5, 0.6) is 0 Å². The van der Waals surface area contributed by atoms with E-state index in [9.17, 15) is 4.79 Å². The van der Waals surface area contributed by atoms with Gasteiger partial charge in [0, 0.05) is 19.2 Å². The van der Waals surface area contributed by atoms with Gasteiger partial charge in [0.1, 0.15) is 10.7 Å². The molecule has 0 aliphatic rings. The van der Waals surface area contributed by atoms with Crippen molar-refractivity contribution in [3.63, 3.8) is 0 Å². The fraction of sp³-hybridized carbons (Fsp3) is 0.692. The normalized spacial score (nSPS) is 10.8. The number of aromatic nitrogens is 1. The molecule has 0 saturated heterocycles. The summed E-state index contributed by atoms with van der Waals surface area (Å²) in [6.45, 7) is 7.85. The highest BCUT2D eigenvalue weighted by Gasteiger charge is 2.16. The van der Waals surface area contributed by atoms with Crippen LogP contribution in [0, 0.1) is 0 Å². The number of carbonyl (C=O) groups is 1. The summed E-state index contributed by atoms with van der Waals surface area (Å²) >= 11 is 1.27. The van der Waals surface area contributed by atoms with Crippen molar-refractivity contribution in [2.75, 3.05) is 30.8 Å². The number of hydrogen-bond donors (Lipinski definition) is 3. The third kappa shape index (κ3) is 5.75. The first-order valence-corrected chi connectivity index (χ1v) is 7.75. The van der Waals surface area contributed by atoms with Crippen LogP contribution < -0.4 is 16.4 Å². The highest BCUT2D eigenvalue weighted by molar-refractivity contribution is 7.18. The molecule has 0 saturated carbocycles. The average molecular weight is 300 g/mol. The molecule has 0 radical (unpaired) electrons. The molecule has 7 heteroatoms. The van der Waals surface area contributed by atoms with E-state index in [4.69, 9.17) is 10.5 Å². The van der Waals surface area contributed by atoms with Crippen molar-refractivity contribution in [1.29, 1.82) is 0 Å². The Labute approximate surface area is 124 Å². The highest BCUT2D eigenvalue weighted by atomic mass is 32.1. The Morgan fingerprint density at radius 1 is 1.45 bits per heavy atom. The van der Waals surface area contributed by atoms with Crippen LogP contribution in [-0.2, 0) is 4.74 Å². The van der Waals surface area contributed by atoms with Gasteiger partial charge in [-0.05, 0) is 20.3 Å². The van der Waals surface area contributed by atoms with Crippen LogP contribution in [0.25, 0.3) is 0 Å². The molecule has 114 valence electrons. The molecule has 0 bridgehead atoms. The summed E-state index contributed by atoms with van der Waals surface area (Å²) in [4.78, 5) is 16.5. The smallest absolute Gasteiger partial charge is 0.265 e. The summed E-state index contributed by atoms with van der Waals surface area (Å²) in [5.74, 6) is 0.0680. The first-order valence-electron chi connectivity index (χ1n) is 6.93. The van der Waals surface area contributed by atoms with Crippen molar-refractivity contribution in [3.05, 3.63) is 4.88 Å². The number of rotatable bonds is 9. The molecule has 0 aromatic carbocycles. The zero-order valence-corrected chi connectivity index (χ0v) is 13.2. The molecule has 6 nitrogen and oxygen atoms in total. The van der Waals surface area contributed by atoms with E-state index in [1.165, 1.54) is 11.3 Å². The third-order valence-electron chi connectivity index (χ3n) is 2.45. The molecule has 1 aromatic heterocycles. The number of thiazole rings is 1. The van der Waals surface area contributed by atoms with E-state index in [2.05, 4.69) is 22.5 Å². The molecule has 1 amide bonds. The summed E-state index contributed by atoms with van der Waals surface area (Å²) in [6.07, 6.45) is 2.15. The monoisotopic (exact) mass is 300 g/mol. The molecule has 0 aliphatic heterocycles. The zero-order valence-electron chi connectivity index (χ0n) is 12.4. The van der Waals surface area contributed by atoms with E-state index in [0.29, 0.717) is 23.2 Å². The minimum Gasteiger partial charge on any atom is -0.382 e. The first-order chi connectivity index (χ1) is 9.54. The second-order valence-corrected chi connectivity index (χ2v) is 5.75. The zero-order chi connectivity index (χ0) is 15.0. The molecular formula is C13H24N4O2S. The number of amides is 1. The fourth-order valence-corrected chi connectivity index (χ4v) is 2.42. The Balaban J connectivity index is 2.37. The van der Waals surface area contributed by atoms with Crippen LogP contribution in [0.1, 0.15) is 43.3 Å². The van der Waals surface area contributed by atoms with Crippen molar-refractivity contribution in [2.24, 2.45) is 0 Å². The van der Waals surface area contributed by atoms with Crippen LogP contribution in [0.3, 0.4) is 0 Å². The van der Waals surface area contributed by atoms with Gasteiger partial charge in [-0.15, -0.1) is 0 Å². The predicted molar refractivity (Wildman–Crippen MR) is 83.3 cm³/mol. The van der Waals surface area contributed by atoms with Gasteiger partial charge in [-0.1, -0.05) is 24.7 Å². The topological polar surface area (TPSA) is 89.3 Å². The van der Waals surface area contributed by atoms with E-state index in [1.54, 1.807) is 0 Å². The van der Waals surface area contributed by atoms with Crippen LogP contribution >= 0.6 is 11.3 Å². The molecule has 20 heavy (non-hydrogen) atoms. The Morgan fingerprint density at radius 3 is 2.85 bits per heavy atom. The lowest BCUT2D eigenvalue weighted by atomic mass is 10.4. The Kier molecular flexibility index (Phi) is 7.32. The molecule has 0 unspecified atom stereocenters. The molecule has 1 heterocycles. The van der Waals surface area contributed by atoms with Gasteiger partial charge in [0.05, 0.1) is 6.61 Å². The van der Waals surface area contributed by atoms with Crippen LogP contribution in [-0.4, -0.2) is 36.7 Å². The molecular weight excluding hydrogens is 276 g/mol. The highest BCUT2D eigenvalue weighted by Crippen LogP contribution is 2.25. The first kappa shape index (κ1) is 16.7. The average Bonchev–Trinajstić information content (AvgIpc) is 2.73. The minimum absolute atomic E-state index is 0.198. The van der Waals surface area contributed by atoms with Gasteiger partial charge >= 0.3 is 0 Å². The van der Waals surface area contributed by atoms with Crippen LogP contribution in [0.15, 0.2) is 0 Å². The van der Waals surface area contributed by atoms with Gasteiger partial charge in [-0.25, -0.2) is 4.98 Å². The fourth-order valence-electron chi connectivity index (χ4n) is 1.47. The van der Waals surface area contributed by atoms with Crippen molar-refractivity contribution in [2.45, 2.75) is 39.7 Å². The second kappa shape index (κ2) is 8.76. The Hall–Kier alpha value is -1.34. The van der Waals surface area contributed by atoms with Gasteiger partial charge in [-0.3, -0.25) is 4.79 Å². The summed E-state index contributed by atoms with van der Waals surface area (Å²) in [5, 5.41) is 6.58. The van der Waals surface area contributed by atoms with Gasteiger partial charge in [0.15, 0.2) is 5.13 Å². The van der Waals surface area contributed by atoms with Gasteiger partial charge in [0.2, 0.25) is 0 Å². The largest absolute Gasteiger partial charge is 0.382 e. The van der Waals surface area contributed by atoms with E-state index in [-0.39, 0.29) is 17.8 Å². The maximum absolute atomic E-state index is 11.9. The molecule has 0 spiro atoms. The number of nitrogens with two attached hydrogens (primary N) is 1. The van der Waals surface area contributed by atoms with E-state index >= 15 is 0 Å². The number of carbonyl (C=O) groups excluding carboxylic acids is 1. The summed E-state index contributed by atoms with van der Waals surface area (Å²) in [5.41, 5.74) is 5.76. The van der Waals surface area contributed by atoms with E-state index in [1.807, 2.05) is 13.8 Å². The SMILES string of the molecule is CCCCOCCNC(=O)c1sc(NC(C)C)nc1N. The molecule has 0 atom stereocenters. The Bertz CT molecular complexity index is 421. The number of nitrogens with zero attached hydrogens (tertiary/aromatic N) is 1. The summed E-state index contributed by atoms with van der Waals surface area (Å²) in [6, 6.07) is 0.253. The third-order valence-corrected chi connectivity index (χ3v) is 3.45. The lowest BCUT2D eigenvalue weighted by Crippen LogP contribution is -2.27. The summed E-state index contributed by atoms with van der Waals surface area (Å²) < 4.78 is 5.38. The van der Waals surface area contributed by atoms with Crippen LogP contribution in [0.2, 0.25) is 0 Å². The summed E-state index contributed by atoms with van der Waals surface area (Å²) in [7, 11) is 0. The van der Waals surface area contributed by atoms with Crippen LogP contribution in [0.4, 0.5) is 10.9 Å². The van der Waals surface area contributed by atoms with E-state index < -0.39 is 0 Å². The quantitative estimate of drug-likeness (QED) is 0.608. The molecule has 1 rings (SSSR count). The number of nitrogen functional groups attached to an aromatic ring is 1. The minimum atomic E-state index is -0.198. The standard InChI is InChI=1S/C13H24N4O2S/c1-4-5-7-19-8-6-15-12(18)10-11(14)17-13(20-10)16-9(2)3/h9H,4-8,14H2,1-3H3,(H,15,18)(H,16,17). The number of anilines is 2. The molecule has 0 fully saturated rings. The van der Waals surface area contributed by atoms with Gasteiger partial charge in [0.25, 0.3) is 5.91 Å².